The van der Waals surface area contributed by atoms with Crippen LogP contribution in [-0.2, 0) is 6.42 Å². The molecule has 1 aromatic carbocycles. The lowest BCUT2D eigenvalue weighted by atomic mass is 9.93. The molecule has 7 heteroatoms. The van der Waals surface area contributed by atoms with Crippen LogP contribution in [0.25, 0.3) is 5.69 Å². The van der Waals surface area contributed by atoms with E-state index in [-0.39, 0.29) is 5.91 Å². The van der Waals surface area contributed by atoms with Crippen molar-refractivity contribution in [3.8, 4) is 5.69 Å². The van der Waals surface area contributed by atoms with Crippen LogP contribution in [0, 0.1) is 19.8 Å². The number of carbonyl (C=O) groups excluding carboxylic acids is 1. The van der Waals surface area contributed by atoms with E-state index >= 15 is 0 Å². The number of carbonyl (C=O) groups is 1. The summed E-state index contributed by atoms with van der Waals surface area (Å²) in [6.45, 7) is 5.45. The zero-order valence-electron chi connectivity index (χ0n) is 15.7. The Labute approximate surface area is 158 Å². The van der Waals surface area contributed by atoms with Crippen LogP contribution in [0.1, 0.15) is 40.4 Å². The molecule has 1 saturated heterocycles. The molecule has 0 aliphatic carbocycles. The molecule has 1 aliphatic heterocycles. The Morgan fingerprint density at radius 1 is 1.19 bits per heavy atom. The van der Waals surface area contributed by atoms with Crippen LogP contribution in [0.2, 0.25) is 0 Å². The van der Waals surface area contributed by atoms with Crippen molar-refractivity contribution in [3.63, 3.8) is 0 Å². The summed E-state index contributed by atoms with van der Waals surface area (Å²) in [6, 6.07) is 8.04. The summed E-state index contributed by atoms with van der Waals surface area (Å²) in [5, 5.41) is 8.38. The van der Waals surface area contributed by atoms with E-state index < -0.39 is 0 Å². The molecule has 3 heterocycles. The monoisotopic (exact) mass is 364 g/mol. The molecule has 0 atom stereocenters. The van der Waals surface area contributed by atoms with Crippen molar-refractivity contribution in [2.24, 2.45) is 5.92 Å². The van der Waals surface area contributed by atoms with Crippen molar-refractivity contribution in [1.82, 2.24) is 29.9 Å². The van der Waals surface area contributed by atoms with Gasteiger partial charge in [-0.2, -0.15) is 0 Å². The van der Waals surface area contributed by atoms with Gasteiger partial charge in [-0.1, -0.05) is 22.9 Å². The third kappa shape index (κ3) is 3.63. The van der Waals surface area contributed by atoms with Gasteiger partial charge in [-0.3, -0.25) is 4.79 Å². The van der Waals surface area contributed by atoms with Gasteiger partial charge >= 0.3 is 0 Å². The van der Waals surface area contributed by atoms with Gasteiger partial charge in [-0.05, 0) is 44.7 Å². The van der Waals surface area contributed by atoms with E-state index in [1.54, 1.807) is 10.9 Å². The van der Waals surface area contributed by atoms with Crippen LogP contribution in [-0.4, -0.2) is 48.9 Å². The normalized spacial score (nSPS) is 15.3. The second-order valence-corrected chi connectivity index (χ2v) is 7.25. The maximum atomic E-state index is 12.9. The van der Waals surface area contributed by atoms with E-state index in [2.05, 4.69) is 20.3 Å². The molecular formula is C20H24N6O. The van der Waals surface area contributed by atoms with Gasteiger partial charge in [-0.25, -0.2) is 9.67 Å². The number of nitrogens with one attached hydrogen (secondary N) is 1. The number of hydrogen-bond acceptors (Lipinski definition) is 4. The molecule has 1 fully saturated rings. The molecule has 4 rings (SSSR count). The Hall–Kier alpha value is -2.96. The topological polar surface area (TPSA) is 79.7 Å². The number of rotatable bonds is 4. The number of aromatic amines is 1. The molecule has 0 spiro atoms. The molecule has 1 aliphatic rings. The zero-order valence-corrected chi connectivity index (χ0v) is 15.7. The van der Waals surface area contributed by atoms with E-state index in [0.717, 1.165) is 49.6 Å². The Morgan fingerprint density at radius 2 is 1.93 bits per heavy atom. The lowest BCUT2D eigenvalue weighted by Crippen LogP contribution is -2.39. The second-order valence-electron chi connectivity index (χ2n) is 7.25. The number of nitrogens with zero attached hydrogens (tertiary/aromatic N) is 5. The van der Waals surface area contributed by atoms with Gasteiger partial charge in [0, 0.05) is 31.9 Å². The van der Waals surface area contributed by atoms with Gasteiger partial charge in [0.1, 0.15) is 5.82 Å². The number of aromatic nitrogens is 5. The van der Waals surface area contributed by atoms with Crippen LogP contribution in [0.5, 0.6) is 0 Å². The van der Waals surface area contributed by atoms with Gasteiger partial charge in [0.15, 0.2) is 5.69 Å². The first-order valence-electron chi connectivity index (χ1n) is 9.38. The molecule has 0 unspecified atom stereocenters. The van der Waals surface area contributed by atoms with Gasteiger partial charge in [-0.15, -0.1) is 5.10 Å². The second kappa shape index (κ2) is 7.34. The fraction of sp³-hybridized carbons (Fsp3) is 0.400. The van der Waals surface area contributed by atoms with E-state index in [1.807, 2.05) is 49.2 Å². The minimum absolute atomic E-state index is 0.0256. The summed E-state index contributed by atoms with van der Waals surface area (Å²) in [4.78, 5) is 22.3. The fourth-order valence-electron chi connectivity index (χ4n) is 3.63. The summed E-state index contributed by atoms with van der Waals surface area (Å²) < 4.78 is 1.73. The molecule has 7 nitrogen and oxygen atoms in total. The molecule has 1 amide bonds. The Balaban J connectivity index is 1.42. The molecule has 2 aromatic heterocycles. The molecule has 27 heavy (non-hydrogen) atoms. The number of hydrogen-bond donors (Lipinski definition) is 1. The summed E-state index contributed by atoms with van der Waals surface area (Å²) in [5.74, 6) is 1.56. The molecule has 0 saturated carbocycles. The Morgan fingerprint density at radius 3 is 2.59 bits per heavy atom. The fourth-order valence-corrected chi connectivity index (χ4v) is 3.63. The van der Waals surface area contributed by atoms with Crippen molar-refractivity contribution < 1.29 is 4.79 Å². The van der Waals surface area contributed by atoms with Crippen LogP contribution in [0.4, 0.5) is 0 Å². The highest BCUT2D eigenvalue weighted by Gasteiger charge is 2.27. The van der Waals surface area contributed by atoms with Gasteiger partial charge in [0.2, 0.25) is 0 Å². The average Bonchev–Trinajstić information content (AvgIpc) is 3.32. The third-order valence-corrected chi connectivity index (χ3v) is 5.31. The highest BCUT2D eigenvalue weighted by atomic mass is 16.2. The quantitative estimate of drug-likeness (QED) is 0.772. The lowest BCUT2D eigenvalue weighted by molar-refractivity contribution is 0.0683. The van der Waals surface area contributed by atoms with Crippen molar-refractivity contribution in [3.05, 3.63) is 59.4 Å². The zero-order chi connectivity index (χ0) is 18.8. The van der Waals surface area contributed by atoms with Crippen molar-refractivity contribution >= 4 is 5.91 Å². The largest absolute Gasteiger partial charge is 0.349 e. The van der Waals surface area contributed by atoms with Gasteiger partial charge in [0.25, 0.3) is 5.91 Å². The van der Waals surface area contributed by atoms with Crippen LogP contribution in [0.3, 0.4) is 0 Å². The Kier molecular flexibility index (Phi) is 4.75. The highest BCUT2D eigenvalue weighted by Crippen LogP contribution is 2.22. The number of benzene rings is 1. The van der Waals surface area contributed by atoms with Crippen molar-refractivity contribution in [2.45, 2.75) is 33.1 Å². The highest BCUT2D eigenvalue weighted by molar-refractivity contribution is 5.93. The van der Waals surface area contributed by atoms with E-state index in [4.69, 9.17) is 0 Å². The minimum atomic E-state index is -0.0256. The average molecular weight is 364 g/mol. The molecule has 3 aromatic rings. The first-order chi connectivity index (χ1) is 13.1. The minimum Gasteiger partial charge on any atom is -0.349 e. The van der Waals surface area contributed by atoms with E-state index in [1.165, 1.54) is 5.56 Å². The maximum Gasteiger partial charge on any atom is 0.276 e. The first-order valence-corrected chi connectivity index (χ1v) is 9.38. The molecule has 140 valence electrons. The van der Waals surface area contributed by atoms with E-state index in [0.29, 0.717) is 11.6 Å². The summed E-state index contributed by atoms with van der Waals surface area (Å²) in [5.41, 5.74) is 3.33. The summed E-state index contributed by atoms with van der Waals surface area (Å²) in [6.07, 6.45) is 6.55. The number of H-pyrrole nitrogens is 1. The van der Waals surface area contributed by atoms with Gasteiger partial charge < -0.3 is 9.88 Å². The Bertz CT molecular complexity index is 905. The molecule has 0 bridgehead atoms. The van der Waals surface area contributed by atoms with Crippen LogP contribution in [0.15, 0.2) is 36.7 Å². The number of amides is 1. The van der Waals surface area contributed by atoms with Gasteiger partial charge in [0.05, 0.1) is 11.4 Å². The predicted molar refractivity (Wildman–Crippen MR) is 102 cm³/mol. The smallest absolute Gasteiger partial charge is 0.276 e. The number of aryl methyl sites for hydroxylation is 1. The van der Waals surface area contributed by atoms with Crippen LogP contribution < -0.4 is 0 Å². The maximum absolute atomic E-state index is 12.9. The summed E-state index contributed by atoms with van der Waals surface area (Å²) >= 11 is 0. The summed E-state index contributed by atoms with van der Waals surface area (Å²) in [7, 11) is 0. The predicted octanol–water partition coefficient (Wildman–Crippen LogP) is 2.70. The number of likely N-dealkylation sites (tertiary alicyclic amines) is 1. The third-order valence-electron chi connectivity index (χ3n) is 5.31. The van der Waals surface area contributed by atoms with Crippen molar-refractivity contribution in [1.29, 1.82) is 0 Å². The number of imidazole rings is 1. The lowest BCUT2D eigenvalue weighted by Gasteiger charge is -2.31. The first kappa shape index (κ1) is 17.5. The number of piperidine rings is 1. The van der Waals surface area contributed by atoms with Crippen LogP contribution >= 0.6 is 0 Å². The molecule has 1 N–H and O–H groups in total. The standard InChI is InChI=1S/C20H24N6O/c1-14-3-5-17(6-4-14)26-15(2)19(23-24-26)20(27)25-11-7-16(8-12-25)13-18-21-9-10-22-18/h3-6,9-10,16H,7-8,11-13H2,1-2H3,(H,21,22). The van der Waals surface area contributed by atoms with Crippen molar-refractivity contribution in [2.75, 3.05) is 13.1 Å². The molecule has 0 radical (unpaired) electrons. The molecular weight excluding hydrogens is 340 g/mol. The van der Waals surface area contributed by atoms with E-state index in [9.17, 15) is 4.79 Å². The SMILES string of the molecule is Cc1ccc(-n2nnc(C(=O)N3CCC(Cc4ncc[nH]4)CC3)c2C)cc1.